The Morgan fingerprint density at radius 2 is 2.17 bits per heavy atom. The van der Waals surface area contributed by atoms with E-state index in [1.54, 1.807) is 16.9 Å². The molecule has 1 heterocycles. The molecule has 0 saturated heterocycles. The summed E-state index contributed by atoms with van der Waals surface area (Å²) in [4.78, 5) is 12.0. The predicted molar refractivity (Wildman–Crippen MR) is 70.4 cm³/mol. The van der Waals surface area contributed by atoms with Crippen LogP contribution in [0.1, 0.15) is 50.1 Å². The number of aliphatic hydroxyl groups is 1. The van der Waals surface area contributed by atoms with Crippen molar-refractivity contribution in [3.8, 4) is 0 Å². The van der Waals surface area contributed by atoms with Gasteiger partial charge in [-0.25, -0.2) is 0 Å². The fourth-order valence-corrected chi connectivity index (χ4v) is 1.84. The van der Waals surface area contributed by atoms with E-state index in [1.165, 1.54) is 0 Å². The molecule has 1 aromatic heterocycles. The molecule has 0 spiro atoms. The van der Waals surface area contributed by atoms with Crippen LogP contribution in [0.3, 0.4) is 0 Å². The topological polar surface area (TPSA) is 67.2 Å². The first-order chi connectivity index (χ1) is 8.63. The maximum atomic E-state index is 12.0. The zero-order chi connectivity index (χ0) is 13.5. The third-order valence-electron chi connectivity index (χ3n) is 3.11. The molecule has 0 aliphatic heterocycles. The lowest BCUT2D eigenvalue weighted by Crippen LogP contribution is -2.31. The summed E-state index contributed by atoms with van der Waals surface area (Å²) in [6, 6.07) is 1.99. The van der Waals surface area contributed by atoms with Gasteiger partial charge in [-0.15, -0.1) is 0 Å². The van der Waals surface area contributed by atoms with Crippen LogP contribution in [0.5, 0.6) is 0 Å². The molecule has 18 heavy (non-hydrogen) atoms. The lowest BCUT2D eigenvalue weighted by atomic mass is 10.1. The molecule has 0 fully saturated rings. The van der Waals surface area contributed by atoms with Crippen molar-refractivity contribution in [2.45, 2.75) is 39.7 Å². The molecule has 5 heteroatoms. The second-order valence-electron chi connectivity index (χ2n) is 4.63. The Labute approximate surface area is 108 Å². The molecule has 0 saturated carbocycles. The van der Waals surface area contributed by atoms with Gasteiger partial charge in [-0.1, -0.05) is 20.8 Å². The van der Waals surface area contributed by atoms with Crippen LogP contribution in [0.4, 0.5) is 0 Å². The summed E-state index contributed by atoms with van der Waals surface area (Å²) in [5, 5.41) is 16.0. The molecular formula is C13H23N3O2. The van der Waals surface area contributed by atoms with Gasteiger partial charge >= 0.3 is 0 Å². The average Bonchev–Trinajstić information content (AvgIpc) is 2.86. The van der Waals surface area contributed by atoms with Crippen molar-refractivity contribution in [1.29, 1.82) is 0 Å². The first-order valence-electron chi connectivity index (χ1n) is 6.56. The molecule has 1 rings (SSSR count). The normalized spacial score (nSPS) is 12.7. The molecule has 0 aliphatic rings. The van der Waals surface area contributed by atoms with Gasteiger partial charge in [0, 0.05) is 19.3 Å². The zero-order valence-electron chi connectivity index (χ0n) is 11.4. The average molecular weight is 253 g/mol. The molecule has 0 bridgehead atoms. The third kappa shape index (κ3) is 3.57. The number of aliphatic hydroxyl groups excluding tert-OH is 1. The fourth-order valence-electron chi connectivity index (χ4n) is 1.84. The van der Waals surface area contributed by atoms with Gasteiger partial charge in [-0.2, -0.15) is 5.10 Å². The van der Waals surface area contributed by atoms with Crippen LogP contribution in [0.2, 0.25) is 0 Å². The van der Waals surface area contributed by atoms with Gasteiger partial charge in [0.15, 0.2) is 0 Å². The summed E-state index contributed by atoms with van der Waals surface area (Å²) in [6.45, 7) is 6.62. The van der Waals surface area contributed by atoms with Gasteiger partial charge in [-0.05, 0) is 24.8 Å². The monoisotopic (exact) mass is 253 g/mol. The van der Waals surface area contributed by atoms with Crippen molar-refractivity contribution < 1.29 is 9.90 Å². The van der Waals surface area contributed by atoms with E-state index in [0.29, 0.717) is 12.2 Å². The highest BCUT2D eigenvalue weighted by Gasteiger charge is 2.17. The van der Waals surface area contributed by atoms with E-state index in [-0.39, 0.29) is 24.5 Å². The smallest absolute Gasteiger partial charge is 0.269 e. The molecule has 102 valence electrons. The van der Waals surface area contributed by atoms with Crippen molar-refractivity contribution in [1.82, 2.24) is 15.1 Å². The minimum Gasteiger partial charge on any atom is -0.396 e. The number of hydrogen-bond donors (Lipinski definition) is 2. The van der Waals surface area contributed by atoms with Gasteiger partial charge in [0.05, 0.1) is 6.04 Å². The maximum Gasteiger partial charge on any atom is 0.269 e. The van der Waals surface area contributed by atoms with E-state index in [2.05, 4.69) is 24.3 Å². The molecule has 2 N–H and O–H groups in total. The van der Waals surface area contributed by atoms with Crippen molar-refractivity contribution >= 4 is 5.91 Å². The number of carbonyl (C=O) groups excluding carboxylic acids is 1. The van der Waals surface area contributed by atoms with Crippen LogP contribution >= 0.6 is 0 Å². The minimum absolute atomic E-state index is 0.0680. The first kappa shape index (κ1) is 14.7. The number of amides is 1. The summed E-state index contributed by atoms with van der Waals surface area (Å²) in [5.41, 5.74) is 0.592. The van der Waals surface area contributed by atoms with Crippen molar-refractivity contribution in [3.05, 3.63) is 18.0 Å². The second kappa shape index (κ2) is 7.16. The van der Waals surface area contributed by atoms with E-state index >= 15 is 0 Å². The van der Waals surface area contributed by atoms with E-state index in [1.807, 2.05) is 6.92 Å². The van der Waals surface area contributed by atoms with Gasteiger partial charge in [-0.3, -0.25) is 9.48 Å². The Morgan fingerprint density at radius 1 is 1.50 bits per heavy atom. The first-order valence-corrected chi connectivity index (χ1v) is 6.56. The molecule has 1 atom stereocenters. The lowest BCUT2D eigenvalue weighted by Gasteiger charge is -2.17. The summed E-state index contributed by atoms with van der Waals surface area (Å²) in [7, 11) is 0. The van der Waals surface area contributed by atoms with Crippen LogP contribution in [-0.2, 0) is 0 Å². The number of hydrogen-bond acceptors (Lipinski definition) is 3. The minimum atomic E-state index is -0.125. The molecule has 0 radical (unpaired) electrons. The van der Waals surface area contributed by atoms with Crippen LogP contribution in [0.25, 0.3) is 0 Å². The zero-order valence-corrected chi connectivity index (χ0v) is 11.4. The standard InChI is InChI=1S/C13H23N3O2/c1-4-11(5-2)16-12(6-7-15-16)13(18)14-8-10(3)9-17/h6-7,10-11,17H,4-5,8-9H2,1-3H3,(H,14,18). The molecule has 0 aromatic carbocycles. The van der Waals surface area contributed by atoms with Crippen LogP contribution < -0.4 is 5.32 Å². The third-order valence-corrected chi connectivity index (χ3v) is 3.11. The summed E-state index contributed by atoms with van der Waals surface area (Å²) >= 11 is 0. The van der Waals surface area contributed by atoms with E-state index in [9.17, 15) is 4.79 Å². The van der Waals surface area contributed by atoms with Crippen molar-refractivity contribution in [2.75, 3.05) is 13.2 Å². The Morgan fingerprint density at radius 3 is 2.72 bits per heavy atom. The molecule has 1 amide bonds. The number of rotatable bonds is 7. The number of nitrogens with zero attached hydrogens (tertiary/aromatic N) is 2. The largest absolute Gasteiger partial charge is 0.396 e. The van der Waals surface area contributed by atoms with Gasteiger partial charge in [0.25, 0.3) is 5.91 Å². The van der Waals surface area contributed by atoms with Crippen molar-refractivity contribution in [3.63, 3.8) is 0 Å². The van der Waals surface area contributed by atoms with Crippen LogP contribution in [0.15, 0.2) is 12.3 Å². The quantitative estimate of drug-likeness (QED) is 0.775. The molecule has 1 aromatic rings. The van der Waals surface area contributed by atoms with Gasteiger partial charge in [0.1, 0.15) is 5.69 Å². The highest BCUT2D eigenvalue weighted by molar-refractivity contribution is 5.92. The molecule has 1 unspecified atom stereocenters. The van der Waals surface area contributed by atoms with Crippen molar-refractivity contribution in [2.24, 2.45) is 5.92 Å². The van der Waals surface area contributed by atoms with E-state index in [0.717, 1.165) is 12.8 Å². The highest BCUT2D eigenvalue weighted by atomic mass is 16.3. The lowest BCUT2D eigenvalue weighted by molar-refractivity contribution is 0.0928. The Kier molecular flexibility index (Phi) is 5.85. The van der Waals surface area contributed by atoms with E-state index in [4.69, 9.17) is 5.11 Å². The summed E-state index contributed by atoms with van der Waals surface area (Å²) < 4.78 is 1.79. The highest BCUT2D eigenvalue weighted by Crippen LogP contribution is 2.16. The van der Waals surface area contributed by atoms with E-state index < -0.39 is 0 Å². The fraction of sp³-hybridized carbons (Fsp3) is 0.692. The number of aromatic nitrogens is 2. The summed E-state index contributed by atoms with van der Waals surface area (Å²) in [5.74, 6) is -0.0573. The molecular weight excluding hydrogens is 230 g/mol. The maximum absolute atomic E-state index is 12.0. The van der Waals surface area contributed by atoms with Gasteiger partial charge < -0.3 is 10.4 Å². The number of nitrogens with one attached hydrogen (secondary N) is 1. The Hall–Kier alpha value is -1.36. The Bertz CT molecular complexity index is 372. The summed E-state index contributed by atoms with van der Waals surface area (Å²) in [6.07, 6.45) is 3.56. The molecule has 0 aliphatic carbocycles. The SMILES string of the molecule is CCC(CC)n1nccc1C(=O)NCC(C)CO. The number of carbonyl (C=O) groups is 1. The second-order valence-corrected chi connectivity index (χ2v) is 4.63. The van der Waals surface area contributed by atoms with Crippen LogP contribution in [0, 0.1) is 5.92 Å². The predicted octanol–water partition coefficient (Wildman–Crippen LogP) is 1.60. The van der Waals surface area contributed by atoms with Crippen LogP contribution in [-0.4, -0.2) is 33.9 Å². The molecule has 5 nitrogen and oxygen atoms in total. The Balaban J connectivity index is 2.71. The van der Waals surface area contributed by atoms with Gasteiger partial charge in [0.2, 0.25) is 0 Å².